The number of amides is 1. The molecule has 0 aliphatic rings. The van der Waals surface area contributed by atoms with Crippen LogP contribution in [0, 0.1) is 0 Å². The second-order valence-electron chi connectivity index (χ2n) is 5.22. The largest absolute Gasteiger partial charge is 0.416 e. The number of tetrazole rings is 1. The number of carbonyl (C=O) groups is 1. The minimum atomic E-state index is -4.43. The number of nitrogens with one attached hydrogen (secondary N) is 1. The van der Waals surface area contributed by atoms with Crippen LogP contribution in [-0.4, -0.2) is 26.1 Å². The standard InChI is InChI=1S/C16H12F3N5O/c17-16(18,19)12-3-1-2-11(8-12)9-15(25)21-13-4-6-14(7-5-13)24-10-20-22-23-24/h1-8,10H,9H2,(H,21,25). The zero-order valence-corrected chi connectivity index (χ0v) is 12.7. The summed E-state index contributed by atoms with van der Waals surface area (Å²) in [5, 5.41) is 13.4. The van der Waals surface area contributed by atoms with E-state index >= 15 is 0 Å². The predicted molar refractivity (Wildman–Crippen MR) is 82.9 cm³/mol. The number of halogens is 3. The maximum absolute atomic E-state index is 12.7. The third kappa shape index (κ3) is 4.19. The van der Waals surface area contributed by atoms with Crippen LogP contribution >= 0.6 is 0 Å². The monoisotopic (exact) mass is 347 g/mol. The van der Waals surface area contributed by atoms with Gasteiger partial charge in [0.05, 0.1) is 17.7 Å². The van der Waals surface area contributed by atoms with Gasteiger partial charge in [-0.15, -0.1) is 5.10 Å². The van der Waals surface area contributed by atoms with Crippen molar-refractivity contribution in [2.24, 2.45) is 0 Å². The number of aromatic nitrogens is 4. The fourth-order valence-electron chi connectivity index (χ4n) is 2.23. The van der Waals surface area contributed by atoms with Crippen molar-refractivity contribution in [1.82, 2.24) is 20.2 Å². The van der Waals surface area contributed by atoms with Crippen molar-refractivity contribution in [1.29, 1.82) is 0 Å². The van der Waals surface area contributed by atoms with Gasteiger partial charge >= 0.3 is 6.18 Å². The van der Waals surface area contributed by atoms with Crippen LogP contribution < -0.4 is 5.32 Å². The van der Waals surface area contributed by atoms with E-state index < -0.39 is 17.6 Å². The van der Waals surface area contributed by atoms with Gasteiger partial charge in [0.15, 0.2) is 0 Å². The van der Waals surface area contributed by atoms with Crippen LogP contribution in [0.1, 0.15) is 11.1 Å². The topological polar surface area (TPSA) is 72.7 Å². The van der Waals surface area contributed by atoms with Crippen LogP contribution in [0.2, 0.25) is 0 Å². The van der Waals surface area contributed by atoms with Gasteiger partial charge in [0, 0.05) is 5.69 Å². The highest BCUT2D eigenvalue weighted by Crippen LogP contribution is 2.29. The van der Waals surface area contributed by atoms with E-state index in [1.54, 1.807) is 24.3 Å². The molecule has 0 radical (unpaired) electrons. The van der Waals surface area contributed by atoms with E-state index in [9.17, 15) is 18.0 Å². The summed E-state index contributed by atoms with van der Waals surface area (Å²) in [7, 11) is 0. The predicted octanol–water partition coefficient (Wildman–Crippen LogP) is 2.86. The Kier molecular flexibility index (Phi) is 4.46. The molecule has 9 heteroatoms. The first-order valence-corrected chi connectivity index (χ1v) is 7.21. The number of rotatable bonds is 4. The van der Waals surface area contributed by atoms with Gasteiger partial charge in [-0.3, -0.25) is 4.79 Å². The molecule has 0 aliphatic heterocycles. The lowest BCUT2D eigenvalue weighted by Gasteiger charge is -2.09. The van der Waals surface area contributed by atoms with Crippen LogP contribution in [0.5, 0.6) is 0 Å². The molecule has 25 heavy (non-hydrogen) atoms. The molecule has 0 fully saturated rings. The minimum absolute atomic E-state index is 0.154. The summed E-state index contributed by atoms with van der Waals surface area (Å²) in [4.78, 5) is 12.0. The lowest BCUT2D eigenvalue weighted by Crippen LogP contribution is -2.15. The average Bonchev–Trinajstić information content (AvgIpc) is 3.09. The van der Waals surface area contributed by atoms with Gasteiger partial charge in [0.25, 0.3) is 0 Å². The summed E-state index contributed by atoms with van der Waals surface area (Å²) in [5.41, 5.74) is 0.746. The fraction of sp³-hybridized carbons (Fsp3) is 0.125. The van der Waals surface area contributed by atoms with Gasteiger partial charge in [-0.2, -0.15) is 13.2 Å². The Bertz CT molecular complexity index is 860. The van der Waals surface area contributed by atoms with Crippen molar-refractivity contribution < 1.29 is 18.0 Å². The van der Waals surface area contributed by atoms with Gasteiger partial charge in [-0.1, -0.05) is 18.2 Å². The SMILES string of the molecule is O=C(Cc1cccc(C(F)(F)F)c1)Nc1ccc(-n2cnnn2)cc1. The molecule has 0 saturated heterocycles. The minimum Gasteiger partial charge on any atom is -0.326 e. The molecule has 3 aromatic rings. The van der Waals surface area contributed by atoms with E-state index in [-0.39, 0.29) is 12.0 Å². The second-order valence-corrected chi connectivity index (χ2v) is 5.22. The summed E-state index contributed by atoms with van der Waals surface area (Å²) in [5.74, 6) is -0.408. The molecule has 1 aromatic heterocycles. The Morgan fingerprint density at radius 3 is 2.52 bits per heavy atom. The first-order chi connectivity index (χ1) is 11.9. The average molecular weight is 347 g/mol. The molecule has 2 aromatic carbocycles. The number of alkyl halides is 3. The smallest absolute Gasteiger partial charge is 0.326 e. The van der Waals surface area contributed by atoms with Crippen LogP contribution in [0.3, 0.4) is 0 Å². The maximum Gasteiger partial charge on any atom is 0.416 e. The van der Waals surface area contributed by atoms with Crippen LogP contribution in [0.25, 0.3) is 5.69 Å². The summed E-state index contributed by atoms with van der Waals surface area (Å²) < 4.78 is 39.5. The molecule has 1 amide bonds. The molecular formula is C16H12F3N5O. The number of carbonyl (C=O) groups excluding carboxylic acids is 1. The number of hydrogen-bond donors (Lipinski definition) is 1. The van der Waals surface area contributed by atoms with E-state index in [2.05, 4.69) is 20.8 Å². The second kappa shape index (κ2) is 6.71. The first-order valence-electron chi connectivity index (χ1n) is 7.21. The lowest BCUT2D eigenvalue weighted by atomic mass is 10.1. The number of hydrogen-bond acceptors (Lipinski definition) is 4. The van der Waals surface area contributed by atoms with Crippen molar-refractivity contribution >= 4 is 11.6 Å². The van der Waals surface area contributed by atoms with Crippen LogP contribution in [0.4, 0.5) is 18.9 Å². The molecule has 128 valence electrons. The summed E-state index contributed by atoms with van der Waals surface area (Å²) in [6.07, 6.45) is -3.15. The lowest BCUT2D eigenvalue weighted by molar-refractivity contribution is -0.137. The molecule has 0 saturated carbocycles. The maximum atomic E-state index is 12.7. The first kappa shape index (κ1) is 16.6. The van der Waals surface area contributed by atoms with Gasteiger partial charge in [-0.05, 0) is 46.3 Å². The third-order valence-electron chi connectivity index (χ3n) is 3.38. The Morgan fingerprint density at radius 2 is 1.88 bits per heavy atom. The molecule has 1 N–H and O–H groups in total. The normalized spacial score (nSPS) is 11.3. The Balaban J connectivity index is 1.65. The van der Waals surface area contributed by atoms with Gasteiger partial charge in [-0.25, -0.2) is 4.68 Å². The molecule has 6 nitrogen and oxygen atoms in total. The highest BCUT2D eigenvalue weighted by atomic mass is 19.4. The molecule has 0 aliphatic carbocycles. The number of nitrogens with zero attached hydrogens (tertiary/aromatic N) is 4. The Morgan fingerprint density at radius 1 is 1.12 bits per heavy atom. The quantitative estimate of drug-likeness (QED) is 0.788. The summed E-state index contributed by atoms with van der Waals surface area (Å²) >= 11 is 0. The molecule has 1 heterocycles. The van der Waals surface area contributed by atoms with E-state index in [0.717, 1.165) is 12.1 Å². The summed E-state index contributed by atoms with van der Waals surface area (Å²) in [6, 6.07) is 11.4. The summed E-state index contributed by atoms with van der Waals surface area (Å²) in [6.45, 7) is 0. The molecule has 0 unspecified atom stereocenters. The number of anilines is 1. The van der Waals surface area contributed by atoms with Crippen LogP contribution in [0.15, 0.2) is 54.9 Å². The van der Waals surface area contributed by atoms with Crippen molar-refractivity contribution in [3.63, 3.8) is 0 Å². The van der Waals surface area contributed by atoms with Crippen molar-refractivity contribution in [3.8, 4) is 5.69 Å². The third-order valence-corrected chi connectivity index (χ3v) is 3.38. The number of benzene rings is 2. The Hall–Kier alpha value is -3.23. The zero-order chi connectivity index (χ0) is 17.9. The molecular weight excluding hydrogens is 335 g/mol. The van der Waals surface area contributed by atoms with Crippen molar-refractivity contribution in [2.45, 2.75) is 12.6 Å². The van der Waals surface area contributed by atoms with Gasteiger partial charge in [0.2, 0.25) is 5.91 Å². The highest BCUT2D eigenvalue weighted by Gasteiger charge is 2.30. The van der Waals surface area contributed by atoms with E-state index in [0.29, 0.717) is 11.4 Å². The fourth-order valence-corrected chi connectivity index (χ4v) is 2.23. The Labute approximate surface area is 140 Å². The van der Waals surface area contributed by atoms with E-state index in [1.165, 1.54) is 23.1 Å². The highest BCUT2D eigenvalue weighted by molar-refractivity contribution is 5.92. The molecule has 0 bridgehead atoms. The molecule has 0 atom stereocenters. The van der Waals surface area contributed by atoms with E-state index in [1.807, 2.05) is 0 Å². The van der Waals surface area contributed by atoms with Crippen LogP contribution in [-0.2, 0) is 17.4 Å². The van der Waals surface area contributed by atoms with Gasteiger partial charge < -0.3 is 5.32 Å². The van der Waals surface area contributed by atoms with Crippen molar-refractivity contribution in [3.05, 3.63) is 66.0 Å². The zero-order valence-electron chi connectivity index (χ0n) is 12.7. The molecule has 3 rings (SSSR count). The van der Waals surface area contributed by atoms with Gasteiger partial charge in [0.1, 0.15) is 6.33 Å². The molecule has 0 spiro atoms. The van der Waals surface area contributed by atoms with E-state index in [4.69, 9.17) is 0 Å². The van der Waals surface area contributed by atoms with Crippen molar-refractivity contribution in [2.75, 3.05) is 5.32 Å².